The Hall–Kier alpha value is -1.55. The molecule has 1 rings (SSSR count). The number of para-hydroxylation sites is 1. The zero-order chi connectivity index (χ0) is 12.5. The van der Waals surface area contributed by atoms with Crippen LogP contribution in [-0.4, -0.2) is 25.1 Å². The standard InChI is InChI=1S/C13H20N2O2/c1-2-11(14)8-9-15-13(16)10-17-12-6-4-3-5-7-12/h3-7,11H,2,8-10,14H2,1H3,(H,15,16). The van der Waals surface area contributed by atoms with Crippen LogP contribution in [0.5, 0.6) is 5.75 Å². The second-order valence-corrected chi connectivity index (χ2v) is 3.91. The second kappa shape index (κ2) is 7.68. The maximum absolute atomic E-state index is 11.4. The first-order chi connectivity index (χ1) is 8.22. The topological polar surface area (TPSA) is 64.3 Å². The van der Waals surface area contributed by atoms with Crippen molar-refractivity contribution in [3.8, 4) is 5.75 Å². The minimum absolute atomic E-state index is 0.0470. The molecule has 0 aliphatic heterocycles. The van der Waals surface area contributed by atoms with Crippen molar-refractivity contribution in [2.45, 2.75) is 25.8 Å². The fourth-order valence-corrected chi connectivity index (χ4v) is 1.32. The van der Waals surface area contributed by atoms with Gasteiger partial charge in [0, 0.05) is 12.6 Å². The quantitative estimate of drug-likeness (QED) is 0.750. The summed E-state index contributed by atoms with van der Waals surface area (Å²) >= 11 is 0. The first-order valence-electron chi connectivity index (χ1n) is 5.92. The van der Waals surface area contributed by atoms with Gasteiger partial charge in [0.2, 0.25) is 0 Å². The van der Waals surface area contributed by atoms with Crippen molar-refractivity contribution < 1.29 is 9.53 Å². The van der Waals surface area contributed by atoms with Crippen LogP contribution in [0.2, 0.25) is 0 Å². The lowest BCUT2D eigenvalue weighted by Gasteiger charge is -2.10. The zero-order valence-electron chi connectivity index (χ0n) is 10.2. The molecule has 1 atom stereocenters. The molecule has 4 heteroatoms. The minimum atomic E-state index is -0.114. The Morgan fingerprint density at radius 3 is 2.76 bits per heavy atom. The van der Waals surface area contributed by atoms with E-state index in [2.05, 4.69) is 5.32 Å². The minimum Gasteiger partial charge on any atom is -0.484 e. The molecule has 0 bridgehead atoms. The molecule has 0 fully saturated rings. The van der Waals surface area contributed by atoms with Crippen LogP contribution in [0.25, 0.3) is 0 Å². The van der Waals surface area contributed by atoms with Gasteiger partial charge in [-0.15, -0.1) is 0 Å². The average molecular weight is 236 g/mol. The normalized spacial score (nSPS) is 11.9. The van der Waals surface area contributed by atoms with E-state index in [9.17, 15) is 4.79 Å². The highest BCUT2D eigenvalue weighted by Gasteiger charge is 2.03. The summed E-state index contributed by atoms with van der Waals surface area (Å²) in [4.78, 5) is 11.4. The molecule has 4 nitrogen and oxygen atoms in total. The zero-order valence-corrected chi connectivity index (χ0v) is 10.2. The summed E-state index contributed by atoms with van der Waals surface area (Å²) in [6.07, 6.45) is 1.73. The molecule has 0 heterocycles. The summed E-state index contributed by atoms with van der Waals surface area (Å²) in [6.45, 7) is 2.68. The van der Waals surface area contributed by atoms with Gasteiger partial charge in [0.1, 0.15) is 5.75 Å². The number of nitrogens with one attached hydrogen (secondary N) is 1. The van der Waals surface area contributed by atoms with Crippen LogP contribution >= 0.6 is 0 Å². The molecule has 1 unspecified atom stereocenters. The Bertz CT molecular complexity index is 327. The maximum Gasteiger partial charge on any atom is 0.257 e. The fraction of sp³-hybridized carbons (Fsp3) is 0.462. The molecular weight excluding hydrogens is 216 g/mol. The molecule has 17 heavy (non-hydrogen) atoms. The summed E-state index contributed by atoms with van der Waals surface area (Å²) in [5.41, 5.74) is 5.74. The van der Waals surface area contributed by atoms with Crippen molar-refractivity contribution in [2.75, 3.05) is 13.2 Å². The van der Waals surface area contributed by atoms with Gasteiger partial charge in [-0.3, -0.25) is 4.79 Å². The predicted molar refractivity (Wildman–Crippen MR) is 67.8 cm³/mol. The molecule has 0 aliphatic rings. The smallest absolute Gasteiger partial charge is 0.257 e. The lowest BCUT2D eigenvalue weighted by Crippen LogP contribution is -2.33. The molecule has 0 saturated carbocycles. The third-order valence-electron chi connectivity index (χ3n) is 2.47. The fourth-order valence-electron chi connectivity index (χ4n) is 1.32. The van der Waals surface area contributed by atoms with Crippen LogP contribution in [0.1, 0.15) is 19.8 Å². The highest BCUT2D eigenvalue weighted by Crippen LogP contribution is 2.07. The number of benzene rings is 1. The van der Waals surface area contributed by atoms with E-state index in [0.29, 0.717) is 12.3 Å². The van der Waals surface area contributed by atoms with Crippen LogP contribution < -0.4 is 15.8 Å². The van der Waals surface area contributed by atoms with Crippen LogP contribution in [0, 0.1) is 0 Å². The summed E-state index contributed by atoms with van der Waals surface area (Å²) in [5.74, 6) is 0.588. The molecule has 1 aromatic rings. The average Bonchev–Trinajstić information content (AvgIpc) is 2.37. The van der Waals surface area contributed by atoms with E-state index >= 15 is 0 Å². The third-order valence-corrected chi connectivity index (χ3v) is 2.47. The Balaban J connectivity index is 2.13. The Labute approximate surface area is 102 Å². The number of amides is 1. The molecule has 3 N–H and O–H groups in total. The molecule has 0 radical (unpaired) electrons. The number of ether oxygens (including phenoxy) is 1. The van der Waals surface area contributed by atoms with E-state index in [4.69, 9.17) is 10.5 Å². The lowest BCUT2D eigenvalue weighted by atomic mass is 10.2. The van der Waals surface area contributed by atoms with Crippen molar-refractivity contribution >= 4 is 5.91 Å². The largest absolute Gasteiger partial charge is 0.484 e. The molecule has 0 spiro atoms. The lowest BCUT2D eigenvalue weighted by molar-refractivity contribution is -0.123. The number of carbonyl (C=O) groups is 1. The Kier molecular flexibility index (Phi) is 6.10. The van der Waals surface area contributed by atoms with Crippen LogP contribution in [0.4, 0.5) is 0 Å². The highest BCUT2D eigenvalue weighted by atomic mass is 16.5. The van der Waals surface area contributed by atoms with Gasteiger partial charge in [0.25, 0.3) is 5.91 Å². The maximum atomic E-state index is 11.4. The van der Waals surface area contributed by atoms with E-state index in [0.717, 1.165) is 12.8 Å². The molecular formula is C13H20N2O2. The van der Waals surface area contributed by atoms with Gasteiger partial charge in [-0.05, 0) is 25.0 Å². The molecule has 94 valence electrons. The van der Waals surface area contributed by atoms with Crippen molar-refractivity contribution in [3.05, 3.63) is 30.3 Å². The van der Waals surface area contributed by atoms with Gasteiger partial charge in [0.05, 0.1) is 0 Å². The number of carbonyl (C=O) groups excluding carboxylic acids is 1. The molecule has 1 aromatic carbocycles. The van der Waals surface area contributed by atoms with E-state index in [-0.39, 0.29) is 18.6 Å². The van der Waals surface area contributed by atoms with Gasteiger partial charge in [-0.2, -0.15) is 0 Å². The van der Waals surface area contributed by atoms with Gasteiger partial charge in [-0.1, -0.05) is 25.1 Å². The Morgan fingerprint density at radius 2 is 2.12 bits per heavy atom. The van der Waals surface area contributed by atoms with Crippen molar-refractivity contribution in [1.82, 2.24) is 5.32 Å². The van der Waals surface area contributed by atoms with Crippen LogP contribution in [0.3, 0.4) is 0 Å². The third kappa shape index (κ3) is 5.92. The molecule has 0 aromatic heterocycles. The van der Waals surface area contributed by atoms with E-state index in [1.54, 1.807) is 0 Å². The van der Waals surface area contributed by atoms with Crippen molar-refractivity contribution in [2.24, 2.45) is 5.73 Å². The molecule has 0 aliphatic carbocycles. The summed E-state index contributed by atoms with van der Waals surface area (Å²) in [6, 6.07) is 9.44. The first-order valence-corrected chi connectivity index (χ1v) is 5.92. The highest BCUT2D eigenvalue weighted by molar-refractivity contribution is 5.77. The van der Waals surface area contributed by atoms with E-state index in [1.807, 2.05) is 37.3 Å². The van der Waals surface area contributed by atoms with Gasteiger partial charge in [0.15, 0.2) is 6.61 Å². The first kappa shape index (κ1) is 13.5. The number of hydrogen-bond acceptors (Lipinski definition) is 3. The van der Waals surface area contributed by atoms with Crippen molar-refractivity contribution in [1.29, 1.82) is 0 Å². The number of hydrogen-bond donors (Lipinski definition) is 2. The van der Waals surface area contributed by atoms with Gasteiger partial charge >= 0.3 is 0 Å². The van der Waals surface area contributed by atoms with E-state index in [1.165, 1.54) is 0 Å². The van der Waals surface area contributed by atoms with E-state index < -0.39 is 0 Å². The van der Waals surface area contributed by atoms with Crippen LogP contribution in [-0.2, 0) is 4.79 Å². The van der Waals surface area contributed by atoms with Gasteiger partial charge < -0.3 is 15.8 Å². The molecule has 1 amide bonds. The number of rotatable bonds is 7. The molecule has 0 saturated heterocycles. The SMILES string of the molecule is CCC(N)CCNC(=O)COc1ccccc1. The van der Waals surface area contributed by atoms with Crippen molar-refractivity contribution in [3.63, 3.8) is 0 Å². The predicted octanol–water partition coefficient (Wildman–Crippen LogP) is 1.31. The van der Waals surface area contributed by atoms with Crippen LogP contribution in [0.15, 0.2) is 30.3 Å². The monoisotopic (exact) mass is 236 g/mol. The summed E-state index contributed by atoms with van der Waals surface area (Å²) < 4.78 is 5.31. The Morgan fingerprint density at radius 1 is 1.41 bits per heavy atom. The summed E-state index contributed by atoms with van der Waals surface area (Å²) in [5, 5.41) is 2.77. The number of nitrogens with two attached hydrogens (primary N) is 1. The second-order valence-electron chi connectivity index (χ2n) is 3.91. The van der Waals surface area contributed by atoms with Gasteiger partial charge in [-0.25, -0.2) is 0 Å². The summed E-state index contributed by atoms with van der Waals surface area (Å²) in [7, 11) is 0.